The predicted molar refractivity (Wildman–Crippen MR) is 113 cm³/mol. The van der Waals surface area contributed by atoms with Gasteiger partial charge in [0.2, 0.25) is 0 Å². The minimum Gasteiger partial charge on any atom is -0.493 e. The Morgan fingerprint density at radius 1 is 1.29 bits per heavy atom. The molecule has 1 aromatic carbocycles. The van der Waals surface area contributed by atoms with Crippen molar-refractivity contribution in [1.29, 1.82) is 0 Å². The zero-order valence-electron chi connectivity index (χ0n) is 18.1. The molecule has 2 atom stereocenters. The number of pyridine rings is 1. The second kappa shape index (κ2) is 9.95. The normalized spacial score (nSPS) is 22.4. The van der Waals surface area contributed by atoms with E-state index in [0.29, 0.717) is 29.2 Å². The Labute approximate surface area is 198 Å². The van der Waals surface area contributed by atoms with Crippen molar-refractivity contribution in [3.8, 4) is 11.5 Å². The van der Waals surface area contributed by atoms with Crippen LogP contribution in [0.5, 0.6) is 11.5 Å². The van der Waals surface area contributed by atoms with Crippen LogP contribution in [0.1, 0.15) is 22.5 Å². The molecule has 8 nitrogen and oxygen atoms in total. The minimum absolute atomic E-state index is 0.0670. The van der Waals surface area contributed by atoms with Crippen LogP contribution in [0.2, 0.25) is 5.02 Å². The summed E-state index contributed by atoms with van der Waals surface area (Å²) < 4.78 is 62.2. The average Bonchev–Trinajstić information content (AvgIpc) is 3.25. The van der Waals surface area contributed by atoms with Gasteiger partial charge in [0.25, 0.3) is 5.91 Å². The quantitative estimate of drug-likeness (QED) is 0.533. The summed E-state index contributed by atoms with van der Waals surface area (Å²) in [5.74, 6) is 0.145. The molecule has 0 bridgehead atoms. The number of fused-ring (bicyclic) bond motifs is 1. The Morgan fingerprint density at radius 3 is 2.85 bits per heavy atom. The summed E-state index contributed by atoms with van der Waals surface area (Å²) in [6.07, 6.45) is -3.10. The van der Waals surface area contributed by atoms with E-state index in [1.807, 2.05) is 0 Å². The Hall–Kier alpha value is -2.60. The molecule has 2 aromatic rings. The number of rotatable bonds is 7. The fourth-order valence-corrected chi connectivity index (χ4v) is 4.39. The first kappa shape index (κ1) is 24.5. The average molecular weight is 503 g/mol. The molecule has 1 amide bonds. The van der Waals surface area contributed by atoms with Gasteiger partial charge < -0.3 is 23.8 Å². The topological polar surface area (TPSA) is 79.4 Å². The second-order valence-electron chi connectivity index (χ2n) is 7.65. The highest BCUT2D eigenvalue weighted by molar-refractivity contribution is 6.31. The number of piperidine rings is 1. The summed E-state index contributed by atoms with van der Waals surface area (Å²) in [5, 5.41) is 0.471. The number of nitrogens with zero attached hydrogens (tertiary/aromatic N) is 2. The summed E-state index contributed by atoms with van der Waals surface area (Å²) in [6.45, 7) is -0.307. The molecule has 34 heavy (non-hydrogen) atoms. The van der Waals surface area contributed by atoms with E-state index >= 15 is 0 Å². The fraction of sp³-hybridized carbons (Fsp3) is 0.455. The van der Waals surface area contributed by atoms with E-state index in [2.05, 4.69) is 9.72 Å². The lowest BCUT2D eigenvalue weighted by Crippen LogP contribution is -2.54. The molecular weight excluding hydrogens is 481 g/mol. The van der Waals surface area contributed by atoms with Gasteiger partial charge in [-0.05, 0) is 30.3 Å². The van der Waals surface area contributed by atoms with Gasteiger partial charge in [0.15, 0.2) is 11.5 Å². The number of carbonyl (C=O) groups excluding carboxylic acids is 1. The third kappa shape index (κ3) is 5.07. The van der Waals surface area contributed by atoms with Crippen LogP contribution in [0.25, 0.3) is 0 Å². The molecule has 2 aliphatic rings. The van der Waals surface area contributed by atoms with Crippen LogP contribution in [0.4, 0.5) is 13.2 Å². The number of methoxy groups -OCH3 is 1. The van der Waals surface area contributed by atoms with E-state index in [1.165, 1.54) is 25.3 Å². The minimum atomic E-state index is -4.73. The van der Waals surface area contributed by atoms with Crippen LogP contribution in [-0.2, 0) is 19.8 Å². The highest BCUT2D eigenvalue weighted by Crippen LogP contribution is 2.44. The Bertz CT molecular complexity index is 1040. The van der Waals surface area contributed by atoms with Gasteiger partial charge in [0.1, 0.15) is 25.1 Å². The van der Waals surface area contributed by atoms with Gasteiger partial charge in [0, 0.05) is 24.7 Å². The SMILES string of the molecule is COc1cc(C(=O)N2CCC3(c4ncccc4Cl)OCOC3C2)ccc1OCCOC(F)(F)F. The van der Waals surface area contributed by atoms with E-state index < -0.39 is 24.7 Å². The van der Waals surface area contributed by atoms with Gasteiger partial charge in [-0.1, -0.05) is 11.6 Å². The number of hydrogen-bond donors (Lipinski definition) is 0. The highest BCUT2D eigenvalue weighted by atomic mass is 35.5. The first-order chi connectivity index (χ1) is 16.2. The highest BCUT2D eigenvalue weighted by Gasteiger charge is 2.53. The van der Waals surface area contributed by atoms with E-state index in [-0.39, 0.29) is 37.4 Å². The standard InChI is InChI=1S/C22H22ClF3N2O6/c1-30-17-11-14(4-5-16(17)31-9-10-33-22(24,25)26)20(29)28-8-6-21(18(12-28)32-13-34-21)19-15(23)3-2-7-27-19/h2-5,7,11,18H,6,8-10,12-13H2,1H3. The molecule has 2 aliphatic heterocycles. The zero-order chi connectivity index (χ0) is 24.3. The third-order valence-corrected chi connectivity index (χ3v) is 6.01. The molecule has 0 saturated carbocycles. The van der Waals surface area contributed by atoms with Crippen molar-refractivity contribution >= 4 is 17.5 Å². The Morgan fingerprint density at radius 2 is 2.12 bits per heavy atom. The molecule has 1 aromatic heterocycles. The monoisotopic (exact) mass is 502 g/mol. The maximum Gasteiger partial charge on any atom is 0.522 e. The Balaban J connectivity index is 1.44. The van der Waals surface area contributed by atoms with E-state index in [4.69, 9.17) is 30.5 Å². The molecule has 0 N–H and O–H groups in total. The maximum atomic E-state index is 13.2. The summed E-state index contributed by atoms with van der Waals surface area (Å²) in [4.78, 5) is 19.2. The summed E-state index contributed by atoms with van der Waals surface area (Å²) in [7, 11) is 1.37. The molecule has 0 radical (unpaired) electrons. The molecule has 2 saturated heterocycles. The maximum absolute atomic E-state index is 13.2. The third-order valence-electron chi connectivity index (χ3n) is 5.71. The molecular formula is C22H22ClF3N2O6. The van der Waals surface area contributed by atoms with Crippen molar-refractivity contribution in [2.45, 2.75) is 24.5 Å². The van der Waals surface area contributed by atoms with Gasteiger partial charge in [-0.25, -0.2) is 0 Å². The lowest BCUT2D eigenvalue weighted by Gasteiger charge is -2.41. The number of alkyl halides is 3. The second-order valence-corrected chi connectivity index (χ2v) is 8.06. The van der Waals surface area contributed by atoms with Crippen molar-refractivity contribution in [1.82, 2.24) is 9.88 Å². The van der Waals surface area contributed by atoms with Crippen molar-refractivity contribution in [3.63, 3.8) is 0 Å². The fourth-order valence-electron chi connectivity index (χ4n) is 4.11. The number of aromatic nitrogens is 1. The van der Waals surface area contributed by atoms with Gasteiger partial charge in [-0.2, -0.15) is 0 Å². The first-order valence-electron chi connectivity index (χ1n) is 10.4. The van der Waals surface area contributed by atoms with Gasteiger partial charge in [0.05, 0.1) is 31.0 Å². The molecule has 2 unspecified atom stereocenters. The number of ether oxygens (including phenoxy) is 5. The number of benzene rings is 1. The molecule has 12 heteroatoms. The number of amides is 1. The number of likely N-dealkylation sites (tertiary alicyclic amines) is 1. The molecule has 0 spiro atoms. The van der Waals surface area contributed by atoms with Crippen LogP contribution in [0.15, 0.2) is 36.5 Å². The number of carbonyl (C=O) groups is 1. The number of hydrogen-bond acceptors (Lipinski definition) is 7. The summed E-state index contributed by atoms with van der Waals surface area (Å²) >= 11 is 6.36. The smallest absolute Gasteiger partial charge is 0.493 e. The van der Waals surface area contributed by atoms with Crippen molar-refractivity contribution < 1.29 is 41.7 Å². The van der Waals surface area contributed by atoms with Crippen molar-refractivity contribution in [3.05, 3.63) is 52.8 Å². The summed E-state index contributed by atoms with van der Waals surface area (Å²) in [5.41, 5.74) is 0.0881. The molecule has 3 heterocycles. The summed E-state index contributed by atoms with van der Waals surface area (Å²) in [6, 6.07) is 7.94. The largest absolute Gasteiger partial charge is 0.522 e. The first-order valence-corrected chi connectivity index (χ1v) is 10.8. The lowest BCUT2D eigenvalue weighted by molar-refractivity contribution is -0.325. The van der Waals surface area contributed by atoms with E-state index in [9.17, 15) is 18.0 Å². The van der Waals surface area contributed by atoms with Crippen molar-refractivity contribution in [2.75, 3.05) is 40.2 Å². The van der Waals surface area contributed by atoms with Gasteiger partial charge in [-0.15, -0.1) is 13.2 Å². The predicted octanol–water partition coefficient (Wildman–Crippen LogP) is 3.77. The molecule has 184 valence electrons. The van der Waals surface area contributed by atoms with Gasteiger partial charge >= 0.3 is 6.36 Å². The molecule has 4 rings (SSSR count). The van der Waals surface area contributed by atoms with Crippen LogP contribution in [0.3, 0.4) is 0 Å². The zero-order valence-corrected chi connectivity index (χ0v) is 18.9. The van der Waals surface area contributed by atoms with Gasteiger partial charge in [-0.3, -0.25) is 14.5 Å². The number of halogens is 4. The molecule has 0 aliphatic carbocycles. The Kier molecular flexibility index (Phi) is 7.17. The van der Waals surface area contributed by atoms with Crippen LogP contribution in [0, 0.1) is 0 Å². The van der Waals surface area contributed by atoms with Crippen LogP contribution < -0.4 is 9.47 Å². The van der Waals surface area contributed by atoms with E-state index in [1.54, 1.807) is 23.2 Å². The van der Waals surface area contributed by atoms with Crippen LogP contribution in [-0.4, -0.2) is 68.5 Å². The van der Waals surface area contributed by atoms with E-state index in [0.717, 1.165) is 0 Å². The van der Waals surface area contributed by atoms with Crippen LogP contribution >= 0.6 is 11.6 Å². The molecule has 2 fully saturated rings. The lowest BCUT2D eigenvalue weighted by atomic mass is 9.85. The van der Waals surface area contributed by atoms with Crippen molar-refractivity contribution in [2.24, 2.45) is 0 Å².